The maximum atomic E-state index is 8.52. The van der Waals surface area contributed by atoms with Crippen LogP contribution < -0.4 is 0 Å². The largest absolute Gasteiger partial charge is 2.00 e. The first-order chi connectivity index (χ1) is 5.41. The number of hydrogen-bond acceptors (Lipinski definition) is 8. The molecule has 0 amide bonds. The summed E-state index contributed by atoms with van der Waals surface area (Å²) in [6.07, 6.45) is 0. The summed E-state index contributed by atoms with van der Waals surface area (Å²) in [5.41, 5.74) is 0. The Morgan fingerprint density at radius 1 is 0.800 bits per heavy atom. The Morgan fingerprint density at radius 2 is 0.800 bits per heavy atom. The van der Waals surface area contributed by atoms with Gasteiger partial charge in [-0.2, -0.15) is 0 Å². The van der Waals surface area contributed by atoms with Gasteiger partial charge in [-0.3, -0.25) is 16.8 Å². The molecule has 0 aliphatic rings. The van der Waals surface area contributed by atoms with Crippen LogP contribution in [0.4, 0.5) is 0 Å². The molecule has 8 nitrogen and oxygen atoms in total. The summed E-state index contributed by atoms with van der Waals surface area (Å²) in [6.45, 7) is 0. The molecular weight excluding hydrogens is 442 g/mol. The molecule has 0 aromatic carbocycles. The molecule has 0 saturated heterocycles. The van der Waals surface area contributed by atoms with E-state index in [9.17, 15) is 0 Å². The Kier molecular flexibility index (Phi) is 32.2. The van der Waals surface area contributed by atoms with E-state index in [4.69, 9.17) is 55.3 Å². The van der Waals surface area contributed by atoms with E-state index in [1.165, 1.54) is 0 Å². The van der Waals surface area contributed by atoms with Crippen molar-refractivity contribution in [3.8, 4) is 0 Å². The Labute approximate surface area is 124 Å². The third kappa shape index (κ3) is 804. The van der Waals surface area contributed by atoms with Crippen molar-refractivity contribution in [3.05, 3.63) is 0 Å². The van der Waals surface area contributed by atoms with E-state index >= 15 is 0 Å². The topological polar surface area (TPSA) is 161 Å². The van der Waals surface area contributed by atoms with E-state index in [1.807, 2.05) is 0 Å². The summed E-state index contributed by atoms with van der Waals surface area (Å²) in [5.74, 6) is 0. The normalized spacial score (nSPS) is 9.20. The fourth-order valence-corrected chi connectivity index (χ4v) is 0. The average Bonchev–Trinajstić information content (AvgIpc) is 1.52. The van der Waals surface area contributed by atoms with Crippen molar-refractivity contribution in [2.24, 2.45) is 0 Å². The first kappa shape index (κ1) is 30.2. The van der Waals surface area contributed by atoms with Crippen molar-refractivity contribution >= 4 is 41.1 Å². The molecule has 15 heavy (non-hydrogen) atoms. The van der Waals surface area contributed by atoms with Crippen molar-refractivity contribution in [2.75, 3.05) is 0 Å². The van der Waals surface area contributed by atoms with E-state index in [2.05, 4.69) is 0 Å². The van der Waals surface area contributed by atoms with E-state index in [0.29, 0.717) is 12.9 Å². The SMILES string of the molecule is O=S(=O)([O-])[O-].O=S(=O)([O-])[O-].[Cl][Co][Cl].[Mn+2].[Zn+2]. The summed E-state index contributed by atoms with van der Waals surface area (Å²) in [5, 5.41) is 0. The molecule has 0 aliphatic carbocycles. The van der Waals surface area contributed by atoms with Crippen molar-refractivity contribution < 1.29 is 84.5 Å². The summed E-state index contributed by atoms with van der Waals surface area (Å²) in [4.78, 5) is 0. The van der Waals surface area contributed by atoms with Crippen LogP contribution in [-0.4, -0.2) is 35.0 Å². The molecule has 0 heterocycles. The maximum Gasteiger partial charge on any atom is 2.00 e. The van der Waals surface area contributed by atoms with Gasteiger partial charge in [-0.25, -0.2) is 0 Å². The van der Waals surface area contributed by atoms with Gasteiger partial charge in [0.25, 0.3) is 0 Å². The summed E-state index contributed by atoms with van der Waals surface area (Å²) >= 11 is 0.382. The van der Waals surface area contributed by atoms with Crippen LogP contribution in [0.2, 0.25) is 0 Å². The molecule has 0 spiro atoms. The summed E-state index contributed by atoms with van der Waals surface area (Å²) in [6, 6.07) is 0. The van der Waals surface area contributed by atoms with Crippen LogP contribution in [0.25, 0.3) is 0 Å². The predicted octanol–water partition coefficient (Wildman–Crippen LogP) is -1.30. The molecule has 0 saturated carbocycles. The molecule has 0 aromatic rings. The Hall–Kier alpha value is 1.97. The van der Waals surface area contributed by atoms with Crippen molar-refractivity contribution in [1.82, 2.24) is 0 Å². The molecular formula is Cl2CoMnO8S2Zn. The van der Waals surface area contributed by atoms with Gasteiger partial charge in [0.2, 0.25) is 0 Å². The fourth-order valence-electron chi connectivity index (χ4n) is 0. The zero-order chi connectivity index (χ0) is 11.7. The van der Waals surface area contributed by atoms with Crippen LogP contribution in [-0.2, 0) is 70.2 Å². The van der Waals surface area contributed by atoms with Gasteiger partial charge in [0.15, 0.2) is 0 Å². The molecule has 92 valence electrons. The van der Waals surface area contributed by atoms with Gasteiger partial charge in [-0.05, 0) is 0 Å². The van der Waals surface area contributed by atoms with E-state index < -0.39 is 20.8 Å². The average molecular weight is 442 g/mol. The van der Waals surface area contributed by atoms with Gasteiger partial charge in [-0.15, -0.1) is 0 Å². The Morgan fingerprint density at radius 3 is 0.800 bits per heavy atom. The first-order valence-electron chi connectivity index (χ1n) is 1.59. The number of rotatable bonds is 0. The number of halogens is 2. The van der Waals surface area contributed by atoms with Gasteiger partial charge >= 0.3 is 69.7 Å². The van der Waals surface area contributed by atoms with Gasteiger partial charge in [0, 0.05) is 20.8 Å². The van der Waals surface area contributed by atoms with Crippen molar-refractivity contribution in [2.45, 2.75) is 0 Å². The van der Waals surface area contributed by atoms with E-state index in [1.54, 1.807) is 0 Å². The Balaban J connectivity index is -0.0000000322. The molecule has 0 aliphatic heterocycles. The molecule has 0 rings (SSSR count). The summed E-state index contributed by atoms with van der Waals surface area (Å²) < 4.78 is 68.2. The van der Waals surface area contributed by atoms with Crippen LogP contribution in [0.1, 0.15) is 0 Å². The molecule has 0 aromatic heterocycles. The smallest absolute Gasteiger partial charge is 2.00 e. The second kappa shape index (κ2) is 16.0. The van der Waals surface area contributed by atoms with E-state index in [-0.39, 0.29) is 36.5 Å². The van der Waals surface area contributed by atoms with Crippen LogP contribution in [0.3, 0.4) is 0 Å². The monoisotopic (exact) mass is 440 g/mol. The van der Waals surface area contributed by atoms with Gasteiger partial charge in [0.1, 0.15) is 0 Å². The molecule has 0 atom stereocenters. The van der Waals surface area contributed by atoms with Crippen LogP contribution in [0, 0.1) is 0 Å². The third-order valence-electron chi connectivity index (χ3n) is 0. The minimum absolute atomic E-state index is 0. The Bertz CT molecular complexity index is 240. The van der Waals surface area contributed by atoms with Gasteiger partial charge < -0.3 is 18.2 Å². The zero-order valence-electron chi connectivity index (χ0n) is 6.26. The maximum absolute atomic E-state index is 8.52. The minimum Gasteiger partial charge on any atom is 2.00 e. The fraction of sp³-hybridized carbons (Fsp3) is 0. The number of hydrogen-bond donors (Lipinski definition) is 0. The molecule has 0 fully saturated rings. The second-order valence-corrected chi connectivity index (χ2v) is 4.22. The van der Waals surface area contributed by atoms with Gasteiger partial charge in [0.05, 0.1) is 0 Å². The zero-order valence-corrected chi connectivity index (χ0v) is 14.6. The standard InChI is InChI=1S/2ClH.Co.Mn.2H2O4S.Zn/c;;;;2*1-5(2,3)4;/h2*1H;;;2*(H2,1,2,3,4);/q;;2*+2;;;+2/p-6. The molecule has 1 radical (unpaired) electrons. The van der Waals surface area contributed by atoms with Crippen LogP contribution in [0.5, 0.6) is 0 Å². The van der Waals surface area contributed by atoms with Crippen LogP contribution >= 0.6 is 20.3 Å². The molecule has 15 heteroatoms. The summed E-state index contributed by atoms with van der Waals surface area (Å²) in [7, 11) is -0.868. The van der Waals surface area contributed by atoms with Crippen molar-refractivity contribution in [3.63, 3.8) is 0 Å². The van der Waals surface area contributed by atoms with Crippen molar-refractivity contribution in [1.29, 1.82) is 0 Å². The molecule has 0 unspecified atom stereocenters. The first-order valence-corrected chi connectivity index (χ1v) is 7.12. The second-order valence-electron chi connectivity index (χ2n) is 0.864. The molecule has 0 N–H and O–H groups in total. The van der Waals surface area contributed by atoms with Crippen LogP contribution in [0.15, 0.2) is 0 Å². The third-order valence-corrected chi connectivity index (χ3v) is 0. The predicted molar refractivity (Wildman–Crippen MR) is 32.7 cm³/mol. The quantitative estimate of drug-likeness (QED) is 0.254. The minimum atomic E-state index is -5.17. The van der Waals surface area contributed by atoms with Gasteiger partial charge in [-0.1, -0.05) is 0 Å². The molecule has 0 bridgehead atoms. The van der Waals surface area contributed by atoms with E-state index in [0.717, 1.165) is 0 Å².